The number of thiophene rings is 1. The second kappa shape index (κ2) is 4.73. The Hall–Kier alpha value is -1.24. The van der Waals surface area contributed by atoms with E-state index >= 15 is 0 Å². The molecule has 0 amide bonds. The van der Waals surface area contributed by atoms with Gasteiger partial charge in [-0.1, -0.05) is 16.8 Å². The third-order valence-electron chi connectivity index (χ3n) is 1.93. The standard InChI is InChI=1S/C9H9ClN4OS/c10-8-2-1-7(16-8)9(15)6-5-14(4-3-11)13-12-6/h1-2,5H,3-4,11H2. The van der Waals surface area contributed by atoms with Gasteiger partial charge in [0.15, 0.2) is 5.69 Å². The summed E-state index contributed by atoms with van der Waals surface area (Å²) in [5.41, 5.74) is 5.68. The molecule has 2 aromatic heterocycles. The number of halogens is 1. The van der Waals surface area contributed by atoms with Crippen LogP contribution in [0.1, 0.15) is 15.4 Å². The maximum Gasteiger partial charge on any atom is 0.224 e. The first-order valence-electron chi connectivity index (χ1n) is 4.61. The van der Waals surface area contributed by atoms with E-state index in [1.54, 1.807) is 23.0 Å². The predicted molar refractivity (Wildman–Crippen MR) is 61.8 cm³/mol. The fraction of sp³-hybridized carbons (Fsp3) is 0.222. The topological polar surface area (TPSA) is 73.8 Å². The molecule has 2 heterocycles. The Balaban J connectivity index is 2.20. The van der Waals surface area contributed by atoms with Gasteiger partial charge in [-0.2, -0.15) is 0 Å². The van der Waals surface area contributed by atoms with Gasteiger partial charge < -0.3 is 5.73 Å². The van der Waals surface area contributed by atoms with Crippen LogP contribution in [0, 0.1) is 0 Å². The first-order valence-corrected chi connectivity index (χ1v) is 5.80. The molecule has 0 spiro atoms. The monoisotopic (exact) mass is 256 g/mol. The maximum atomic E-state index is 11.9. The van der Waals surface area contributed by atoms with Crippen molar-refractivity contribution in [3.05, 3.63) is 33.2 Å². The van der Waals surface area contributed by atoms with Crippen molar-refractivity contribution in [1.82, 2.24) is 15.0 Å². The number of nitrogens with two attached hydrogens (primary N) is 1. The van der Waals surface area contributed by atoms with E-state index < -0.39 is 0 Å². The second-order valence-corrected chi connectivity index (χ2v) is 4.80. The van der Waals surface area contributed by atoms with Gasteiger partial charge in [0.2, 0.25) is 5.78 Å². The third-order valence-corrected chi connectivity index (χ3v) is 3.16. The average molecular weight is 257 g/mol. The van der Waals surface area contributed by atoms with Crippen LogP contribution >= 0.6 is 22.9 Å². The molecule has 0 aromatic carbocycles. The minimum absolute atomic E-state index is 0.167. The number of ketones is 1. The summed E-state index contributed by atoms with van der Waals surface area (Å²) < 4.78 is 2.13. The third kappa shape index (κ3) is 2.29. The Morgan fingerprint density at radius 3 is 3.00 bits per heavy atom. The van der Waals surface area contributed by atoms with E-state index in [1.165, 1.54) is 11.3 Å². The molecule has 5 nitrogen and oxygen atoms in total. The highest BCUT2D eigenvalue weighted by molar-refractivity contribution is 7.18. The predicted octanol–water partition coefficient (Wildman–Crippen LogP) is 1.18. The molecule has 16 heavy (non-hydrogen) atoms. The van der Waals surface area contributed by atoms with Gasteiger partial charge in [-0.3, -0.25) is 9.48 Å². The lowest BCUT2D eigenvalue weighted by molar-refractivity contribution is 0.103. The van der Waals surface area contributed by atoms with E-state index in [9.17, 15) is 4.79 Å². The van der Waals surface area contributed by atoms with Crippen LogP contribution in [0.4, 0.5) is 0 Å². The van der Waals surface area contributed by atoms with E-state index in [0.717, 1.165) is 0 Å². The van der Waals surface area contributed by atoms with Crippen LogP contribution in [0.15, 0.2) is 18.3 Å². The Morgan fingerprint density at radius 1 is 1.56 bits per heavy atom. The lowest BCUT2D eigenvalue weighted by atomic mass is 10.2. The SMILES string of the molecule is NCCn1cc(C(=O)c2ccc(Cl)s2)nn1. The minimum atomic E-state index is -0.167. The van der Waals surface area contributed by atoms with Crippen molar-refractivity contribution in [2.45, 2.75) is 6.54 Å². The average Bonchev–Trinajstić information content (AvgIpc) is 2.87. The van der Waals surface area contributed by atoms with Gasteiger partial charge in [0.25, 0.3) is 0 Å². The Morgan fingerprint density at radius 2 is 2.38 bits per heavy atom. The molecule has 0 aliphatic carbocycles. The van der Waals surface area contributed by atoms with Crippen molar-refractivity contribution in [3.8, 4) is 0 Å². The minimum Gasteiger partial charge on any atom is -0.329 e. The first kappa shape index (κ1) is 11.3. The number of aromatic nitrogens is 3. The van der Waals surface area contributed by atoms with E-state index in [4.69, 9.17) is 17.3 Å². The molecule has 0 aliphatic heterocycles. The van der Waals surface area contributed by atoms with E-state index in [0.29, 0.717) is 28.0 Å². The molecule has 2 aromatic rings. The Kier molecular flexibility index (Phi) is 3.33. The quantitative estimate of drug-likeness (QED) is 0.834. The number of nitrogens with zero attached hydrogens (tertiary/aromatic N) is 3. The normalized spacial score (nSPS) is 10.6. The fourth-order valence-corrected chi connectivity index (χ4v) is 2.20. The molecule has 0 unspecified atom stereocenters. The summed E-state index contributed by atoms with van der Waals surface area (Å²) in [7, 11) is 0. The number of rotatable bonds is 4. The molecule has 7 heteroatoms. The number of hydrogen-bond donors (Lipinski definition) is 1. The summed E-state index contributed by atoms with van der Waals surface area (Å²) in [5, 5.41) is 7.59. The summed E-state index contributed by atoms with van der Waals surface area (Å²) in [6.07, 6.45) is 1.59. The van der Waals surface area contributed by atoms with Crippen LogP contribution in [-0.4, -0.2) is 27.3 Å². The molecular weight excluding hydrogens is 248 g/mol. The van der Waals surface area contributed by atoms with Gasteiger partial charge in [-0.05, 0) is 12.1 Å². The van der Waals surface area contributed by atoms with Crippen molar-refractivity contribution >= 4 is 28.7 Å². The molecule has 0 bridgehead atoms. The lowest BCUT2D eigenvalue weighted by Crippen LogP contribution is -2.10. The highest BCUT2D eigenvalue weighted by atomic mass is 35.5. The highest BCUT2D eigenvalue weighted by Gasteiger charge is 2.15. The molecule has 0 radical (unpaired) electrons. The van der Waals surface area contributed by atoms with Crippen molar-refractivity contribution in [3.63, 3.8) is 0 Å². The molecule has 0 atom stereocenters. The van der Waals surface area contributed by atoms with Gasteiger partial charge in [0, 0.05) is 6.54 Å². The Labute approximate surface area is 101 Å². The van der Waals surface area contributed by atoms with Crippen molar-refractivity contribution < 1.29 is 4.79 Å². The largest absolute Gasteiger partial charge is 0.329 e. The Bertz CT molecular complexity index is 507. The van der Waals surface area contributed by atoms with Gasteiger partial charge in [-0.15, -0.1) is 16.4 Å². The van der Waals surface area contributed by atoms with Gasteiger partial charge >= 0.3 is 0 Å². The van der Waals surface area contributed by atoms with E-state index in [2.05, 4.69) is 10.3 Å². The van der Waals surface area contributed by atoms with E-state index in [1.807, 2.05) is 0 Å². The smallest absolute Gasteiger partial charge is 0.224 e. The molecule has 84 valence electrons. The maximum absolute atomic E-state index is 11.9. The van der Waals surface area contributed by atoms with Crippen LogP contribution in [0.25, 0.3) is 0 Å². The van der Waals surface area contributed by atoms with Crippen LogP contribution in [-0.2, 0) is 6.54 Å². The molecule has 0 aliphatic rings. The van der Waals surface area contributed by atoms with Crippen LogP contribution in [0.5, 0.6) is 0 Å². The van der Waals surface area contributed by atoms with Gasteiger partial charge in [0.1, 0.15) is 0 Å². The fourth-order valence-electron chi connectivity index (χ4n) is 1.21. The summed E-state index contributed by atoms with van der Waals surface area (Å²) in [5.74, 6) is -0.167. The van der Waals surface area contributed by atoms with Crippen molar-refractivity contribution in [2.75, 3.05) is 6.54 Å². The number of carbonyl (C=O) groups excluding carboxylic acids is 1. The van der Waals surface area contributed by atoms with Gasteiger partial charge in [0.05, 0.1) is 22.0 Å². The van der Waals surface area contributed by atoms with E-state index in [-0.39, 0.29) is 5.78 Å². The van der Waals surface area contributed by atoms with Crippen molar-refractivity contribution in [1.29, 1.82) is 0 Å². The van der Waals surface area contributed by atoms with Crippen molar-refractivity contribution in [2.24, 2.45) is 5.73 Å². The molecule has 0 fully saturated rings. The summed E-state index contributed by atoms with van der Waals surface area (Å²) >= 11 is 6.98. The molecular formula is C9H9ClN4OS. The second-order valence-electron chi connectivity index (χ2n) is 3.09. The van der Waals surface area contributed by atoms with Crippen LogP contribution in [0.2, 0.25) is 4.34 Å². The molecule has 0 saturated carbocycles. The first-order chi connectivity index (χ1) is 7.70. The zero-order valence-corrected chi connectivity index (χ0v) is 9.83. The number of carbonyl (C=O) groups is 1. The zero-order valence-electron chi connectivity index (χ0n) is 8.26. The summed E-state index contributed by atoms with van der Waals surface area (Å²) in [6, 6.07) is 3.36. The zero-order chi connectivity index (χ0) is 11.5. The number of hydrogen-bond acceptors (Lipinski definition) is 5. The van der Waals surface area contributed by atoms with Crippen LogP contribution in [0.3, 0.4) is 0 Å². The molecule has 0 saturated heterocycles. The summed E-state index contributed by atoms with van der Waals surface area (Å²) in [6.45, 7) is 1.01. The lowest BCUT2D eigenvalue weighted by Gasteiger charge is -1.92. The van der Waals surface area contributed by atoms with Gasteiger partial charge in [-0.25, -0.2) is 0 Å². The molecule has 2 rings (SSSR count). The summed E-state index contributed by atoms with van der Waals surface area (Å²) in [4.78, 5) is 12.4. The van der Waals surface area contributed by atoms with Crippen LogP contribution < -0.4 is 5.73 Å². The molecule has 2 N–H and O–H groups in total. The highest BCUT2D eigenvalue weighted by Crippen LogP contribution is 2.23.